The summed E-state index contributed by atoms with van der Waals surface area (Å²) in [4.78, 5) is 5.76. The van der Waals surface area contributed by atoms with Crippen molar-refractivity contribution in [2.45, 2.75) is 6.92 Å². The maximum absolute atomic E-state index is 5.61. The number of oxime groups is 1. The molecular weight excluding hydrogens is 184 g/mol. The fourth-order valence-electron chi connectivity index (χ4n) is 0.676. The number of rotatable bonds is 3. The van der Waals surface area contributed by atoms with E-state index in [0.29, 0.717) is 5.84 Å². The van der Waals surface area contributed by atoms with Gasteiger partial charge in [0, 0.05) is 0 Å². The van der Waals surface area contributed by atoms with Crippen molar-refractivity contribution in [3.05, 3.63) is 22.4 Å². The van der Waals surface area contributed by atoms with Gasteiger partial charge in [-0.15, -0.1) is 17.3 Å². The van der Waals surface area contributed by atoms with Crippen LogP contribution in [0.2, 0.25) is 0 Å². The van der Waals surface area contributed by atoms with E-state index in [-0.39, 0.29) is 6.61 Å². The first-order valence-corrected chi connectivity index (χ1v) is 4.61. The third kappa shape index (κ3) is 3.18. The molecule has 0 atom stereocenters. The summed E-state index contributed by atoms with van der Waals surface area (Å²) in [6.45, 7) is 2.03. The van der Waals surface area contributed by atoms with Crippen LogP contribution in [0.3, 0.4) is 0 Å². The lowest BCUT2D eigenvalue weighted by Gasteiger charge is -1.94. The minimum atomic E-state index is 0.280. The fourth-order valence-corrected chi connectivity index (χ4v) is 1.29. The van der Waals surface area contributed by atoms with E-state index >= 15 is 0 Å². The number of amidine groups is 1. The molecule has 0 bridgehead atoms. The average molecular weight is 194 g/mol. The third-order valence-electron chi connectivity index (χ3n) is 1.25. The predicted molar refractivity (Wildman–Crippen MR) is 54.4 cm³/mol. The Labute approximate surface area is 81.2 Å². The van der Waals surface area contributed by atoms with Gasteiger partial charge in [0.05, 0.1) is 4.88 Å². The van der Waals surface area contributed by atoms with Crippen molar-refractivity contribution in [1.29, 1.82) is 0 Å². The highest BCUT2D eigenvalue weighted by Crippen LogP contribution is 2.07. The van der Waals surface area contributed by atoms with Gasteiger partial charge >= 0.3 is 0 Å². The van der Waals surface area contributed by atoms with Gasteiger partial charge in [0.25, 0.3) is 0 Å². The molecule has 2 N–H and O–H groups in total. The van der Waals surface area contributed by atoms with Gasteiger partial charge in [0.2, 0.25) is 0 Å². The summed E-state index contributed by atoms with van der Waals surface area (Å²) in [5.41, 5.74) is 5.61. The molecular formula is C9H10N2OS. The SMILES string of the molecule is CC#CCO/N=C(\N)c1cccs1. The van der Waals surface area contributed by atoms with Crippen LogP contribution < -0.4 is 5.73 Å². The van der Waals surface area contributed by atoms with Crippen LogP contribution >= 0.6 is 11.3 Å². The largest absolute Gasteiger partial charge is 0.381 e. The molecule has 1 aromatic rings. The second-order valence-corrected chi connectivity index (χ2v) is 3.10. The van der Waals surface area contributed by atoms with Gasteiger partial charge in [-0.25, -0.2) is 0 Å². The monoisotopic (exact) mass is 194 g/mol. The van der Waals surface area contributed by atoms with E-state index in [0.717, 1.165) is 4.88 Å². The predicted octanol–water partition coefficient (Wildman–Crippen LogP) is 1.41. The first-order chi connectivity index (χ1) is 6.34. The molecule has 0 radical (unpaired) electrons. The Bertz CT molecular complexity index is 332. The molecule has 0 spiro atoms. The Morgan fingerprint density at radius 2 is 2.62 bits per heavy atom. The molecule has 0 saturated heterocycles. The van der Waals surface area contributed by atoms with Gasteiger partial charge in [0.15, 0.2) is 12.4 Å². The van der Waals surface area contributed by atoms with Crippen molar-refractivity contribution < 1.29 is 4.84 Å². The van der Waals surface area contributed by atoms with Gasteiger partial charge in [-0.2, -0.15) is 0 Å². The third-order valence-corrected chi connectivity index (χ3v) is 2.14. The van der Waals surface area contributed by atoms with Gasteiger partial charge in [-0.1, -0.05) is 17.1 Å². The minimum Gasteiger partial charge on any atom is -0.381 e. The second-order valence-electron chi connectivity index (χ2n) is 2.15. The van der Waals surface area contributed by atoms with Gasteiger partial charge < -0.3 is 10.6 Å². The fraction of sp³-hybridized carbons (Fsp3) is 0.222. The minimum absolute atomic E-state index is 0.280. The summed E-state index contributed by atoms with van der Waals surface area (Å²) in [6, 6.07) is 3.80. The molecule has 0 aliphatic rings. The van der Waals surface area contributed by atoms with Crippen LogP contribution in [0.5, 0.6) is 0 Å². The molecule has 1 heterocycles. The van der Waals surface area contributed by atoms with Crippen LogP contribution in [0.4, 0.5) is 0 Å². The lowest BCUT2D eigenvalue weighted by molar-refractivity contribution is 0.179. The highest BCUT2D eigenvalue weighted by Gasteiger charge is 1.97. The first kappa shape index (κ1) is 9.62. The standard InChI is InChI=1S/C9H10N2OS/c1-2-3-6-12-11-9(10)8-5-4-7-13-8/h4-5,7H,6H2,1H3,(H2,10,11). The summed E-state index contributed by atoms with van der Waals surface area (Å²) >= 11 is 1.52. The van der Waals surface area contributed by atoms with Crippen LogP contribution in [-0.4, -0.2) is 12.4 Å². The second kappa shape index (κ2) is 5.22. The molecule has 13 heavy (non-hydrogen) atoms. The summed E-state index contributed by atoms with van der Waals surface area (Å²) in [5, 5.41) is 5.64. The highest BCUT2D eigenvalue weighted by atomic mass is 32.1. The lowest BCUT2D eigenvalue weighted by Crippen LogP contribution is -2.11. The van der Waals surface area contributed by atoms with Crippen LogP contribution in [0.15, 0.2) is 22.7 Å². The topological polar surface area (TPSA) is 47.6 Å². The number of hydrogen-bond acceptors (Lipinski definition) is 3. The van der Waals surface area contributed by atoms with E-state index in [1.165, 1.54) is 11.3 Å². The molecule has 0 unspecified atom stereocenters. The zero-order chi connectivity index (χ0) is 9.52. The first-order valence-electron chi connectivity index (χ1n) is 3.73. The summed E-state index contributed by atoms with van der Waals surface area (Å²) in [5.74, 6) is 5.81. The van der Waals surface area contributed by atoms with Crippen LogP contribution in [0, 0.1) is 11.8 Å². The normalized spacial score (nSPS) is 10.4. The van der Waals surface area contributed by atoms with E-state index in [1.807, 2.05) is 17.5 Å². The van der Waals surface area contributed by atoms with E-state index in [1.54, 1.807) is 6.92 Å². The Balaban J connectivity index is 2.46. The number of nitrogens with zero attached hydrogens (tertiary/aromatic N) is 1. The Kier molecular flexibility index (Phi) is 3.86. The molecule has 4 heteroatoms. The van der Waals surface area contributed by atoms with Gasteiger partial charge in [0.1, 0.15) is 0 Å². The number of hydrogen-bond donors (Lipinski definition) is 1. The average Bonchev–Trinajstić information content (AvgIpc) is 2.65. The van der Waals surface area contributed by atoms with Crippen molar-refractivity contribution >= 4 is 17.2 Å². The summed E-state index contributed by atoms with van der Waals surface area (Å²) in [7, 11) is 0. The molecule has 3 nitrogen and oxygen atoms in total. The molecule has 1 aromatic heterocycles. The number of nitrogens with two attached hydrogens (primary N) is 1. The van der Waals surface area contributed by atoms with E-state index in [4.69, 9.17) is 10.6 Å². The van der Waals surface area contributed by atoms with Crippen LogP contribution in [0.25, 0.3) is 0 Å². The summed E-state index contributed by atoms with van der Waals surface area (Å²) < 4.78 is 0. The van der Waals surface area contributed by atoms with E-state index in [9.17, 15) is 0 Å². The zero-order valence-corrected chi connectivity index (χ0v) is 8.10. The van der Waals surface area contributed by atoms with Crippen LogP contribution in [-0.2, 0) is 4.84 Å². The molecule has 0 fully saturated rings. The highest BCUT2D eigenvalue weighted by molar-refractivity contribution is 7.12. The molecule has 0 aliphatic heterocycles. The van der Waals surface area contributed by atoms with Crippen LogP contribution in [0.1, 0.15) is 11.8 Å². The lowest BCUT2D eigenvalue weighted by atomic mass is 10.4. The summed E-state index contributed by atoms with van der Waals surface area (Å²) in [6.07, 6.45) is 0. The smallest absolute Gasteiger partial charge is 0.180 e. The molecule has 0 aromatic carbocycles. The molecule has 68 valence electrons. The maximum atomic E-state index is 5.61. The molecule has 1 rings (SSSR count). The number of thiophene rings is 1. The van der Waals surface area contributed by atoms with E-state index < -0.39 is 0 Å². The van der Waals surface area contributed by atoms with Crippen molar-refractivity contribution in [3.8, 4) is 11.8 Å². The quantitative estimate of drug-likeness (QED) is 0.260. The Morgan fingerprint density at radius 3 is 3.23 bits per heavy atom. The van der Waals surface area contributed by atoms with Crippen molar-refractivity contribution in [2.75, 3.05) is 6.61 Å². The van der Waals surface area contributed by atoms with E-state index in [2.05, 4.69) is 17.0 Å². The molecule has 0 saturated carbocycles. The van der Waals surface area contributed by atoms with Gasteiger partial charge in [-0.05, 0) is 18.4 Å². The molecule has 0 amide bonds. The van der Waals surface area contributed by atoms with Gasteiger partial charge in [-0.3, -0.25) is 0 Å². The Morgan fingerprint density at radius 1 is 1.77 bits per heavy atom. The zero-order valence-electron chi connectivity index (χ0n) is 7.28. The maximum Gasteiger partial charge on any atom is 0.180 e. The van der Waals surface area contributed by atoms with Crippen molar-refractivity contribution in [1.82, 2.24) is 0 Å². The molecule has 0 aliphatic carbocycles. The Hall–Kier alpha value is -1.47. The van der Waals surface area contributed by atoms with Crippen molar-refractivity contribution in [3.63, 3.8) is 0 Å². The van der Waals surface area contributed by atoms with Crippen molar-refractivity contribution in [2.24, 2.45) is 10.9 Å².